The molecule has 1 saturated heterocycles. The molecule has 0 aliphatic carbocycles. The molecule has 3 rings (SSSR count). The Labute approximate surface area is 164 Å². The van der Waals surface area contributed by atoms with Gasteiger partial charge in [0.1, 0.15) is 0 Å². The summed E-state index contributed by atoms with van der Waals surface area (Å²) in [6.07, 6.45) is 0.350. The van der Waals surface area contributed by atoms with Crippen LogP contribution >= 0.6 is 24.0 Å². The molecule has 1 fully saturated rings. The van der Waals surface area contributed by atoms with E-state index in [2.05, 4.69) is 0 Å². The molecule has 2 aromatic carbocycles. The Morgan fingerprint density at radius 3 is 2.19 bits per heavy atom. The number of benzene rings is 2. The van der Waals surface area contributed by atoms with Crippen LogP contribution in [0.2, 0.25) is 5.02 Å². The zero-order valence-corrected chi connectivity index (χ0v) is 15.8. The molecule has 0 saturated carbocycles. The van der Waals surface area contributed by atoms with Crippen LogP contribution in [0.15, 0.2) is 48.5 Å². The Bertz CT molecular complexity index is 773. The van der Waals surface area contributed by atoms with Crippen molar-refractivity contribution in [2.24, 2.45) is 0 Å². The Balaban J connectivity index is 0.00000243. The number of nitrogens with zero attached hydrogens (tertiary/aromatic N) is 2. The maximum atomic E-state index is 12.5. The van der Waals surface area contributed by atoms with E-state index in [0.29, 0.717) is 48.9 Å². The molecule has 26 heavy (non-hydrogen) atoms. The number of carbonyl (C=O) groups is 2. The molecule has 0 aromatic heterocycles. The van der Waals surface area contributed by atoms with E-state index >= 15 is 0 Å². The fourth-order valence-electron chi connectivity index (χ4n) is 2.88. The lowest BCUT2D eigenvalue weighted by Crippen LogP contribution is -2.51. The van der Waals surface area contributed by atoms with Crippen LogP contribution in [-0.4, -0.2) is 47.8 Å². The van der Waals surface area contributed by atoms with Gasteiger partial charge < -0.3 is 15.5 Å². The van der Waals surface area contributed by atoms with Crippen molar-refractivity contribution < 1.29 is 9.59 Å². The minimum absolute atomic E-state index is 0. The number of halogens is 2. The molecule has 5 nitrogen and oxygen atoms in total. The summed E-state index contributed by atoms with van der Waals surface area (Å²) in [6.45, 7) is 2.14. The third kappa shape index (κ3) is 4.90. The van der Waals surface area contributed by atoms with Crippen molar-refractivity contribution in [3.8, 4) is 0 Å². The number of amides is 2. The normalized spacial score (nSPS) is 13.9. The van der Waals surface area contributed by atoms with Gasteiger partial charge in [0.05, 0.1) is 6.42 Å². The Morgan fingerprint density at radius 2 is 1.58 bits per heavy atom. The number of piperazine rings is 1. The maximum Gasteiger partial charge on any atom is 0.254 e. The third-order valence-electron chi connectivity index (χ3n) is 4.33. The highest BCUT2D eigenvalue weighted by molar-refractivity contribution is 6.30. The van der Waals surface area contributed by atoms with Gasteiger partial charge >= 0.3 is 0 Å². The van der Waals surface area contributed by atoms with Gasteiger partial charge in [-0.3, -0.25) is 9.59 Å². The van der Waals surface area contributed by atoms with Gasteiger partial charge in [-0.05, 0) is 35.9 Å². The summed E-state index contributed by atoms with van der Waals surface area (Å²) in [6, 6.07) is 14.3. The standard InChI is InChI=1S/C19H20ClN3O2.ClH/c20-16-3-1-2-15(13-16)19(25)23-10-8-22(9-11-23)18(24)12-14-4-6-17(21)7-5-14;/h1-7,13H,8-12,21H2;1H. The number of rotatable bonds is 3. The molecule has 0 atom stereocenters. The first-order valence-electron chi connectivity index (χ1n) is 8.20. The lowest BCUT2D eigenvalue weighted by molar-refractivity contribution is -0.131. The van der Waals surface area contributed by atoms with Crippen molar-refractivity contribution >= 4 is 41.5 Å². The van der Waals surface area contributed by atoms with Crippen LogP contribution < -0.4 is 5.73 Å². The quantitative estimate of drug-likeness (QED) is 0.815. The molecule has 0 bridgehead atoms. The average Bonchev–Trinajstić information content (AvgIpc) is 2.63. The second kappa shape index (κ2) is 8.92. The van der Waals surface area contributed by atoms with E-state index in [1.165, 1.54) is 0 Å². The highest BCUT2D eigenvalue weighted by Crippen LogP contribution is 2.15. The predicted molar refractivity (Wildman–Crippen MR) is 106 cm³/mol. The summed E-state index contributed by atoms with van der Waals surface area (Å²) in [5.41, 5.74) is 7.86. The molecule has 0 unspecified atom stereocenters. The zero-order valence-electron chi connectivity index (χ0n) is 14.2. The van der Waals surface area contributed by atoms with E-state index in [-0.39, 0.29) is 24.2 Å². The number of hydrogen-bond acceptors (Lipinski definition) is 3. The van der Waals surface area contributed by atoms with E-state index in [4.69, 9.17) is 17.3 Å². The van der Waals surface area contributed by atoms with E-state index in [9.17, 15) is 9.59 Å². The molecule has 2 aromatic rings. The van der Waals surface area contributed by atoms with Crippen LogP contribution in [0.1, 0.15) is 15.9 Å². The highest BCUT2D eigenvalue weighted by atomic mass is 35.5. The fourth-order valence-corrected chi connectivity index (χ4v) is 3.08. The molecule has 138 valence electrons. The van der Waals surface area contributed by atoms with Gasteiger partial charge in [0.2, 0.25) is 5.91 Å². The lowest BCUT2D eigenvalue weighted by Gasteiger charge is -2.35. The first-order valence-corrected chi connectivity index (χ1v) is 8.58. The molecule has 1 aliphatic heterocycles. The molecule has 1 heterocycles. The van der Waals surface area contributed by atoms with Crippen molar-refractivity contribution in [3.63, 3.8) is 0 Å². The molecule has 2 amide bonds. The summed E-state index contributed by atoms with van der Waals surface area (Å²) >= 11 is 5.95. The number of hydrogen-bond donors (Lipinski definition) is 1. The second-order valence-corrected chi connectivity index (χ2v) is 6.54. The summed E-state index contributed by atoms with van der Waals surface area (Å²) in [5, 5.41) is 0.545. The molecule has 2 N–H and O–H groups in total. The summed E-state index contributed by atoms with van der Waals surface area (Å²) in [7, 11) is 0. The van der Waals surface area contributed by atoms with E-state index in [1.807, 2.05) is 12.1 Å². The van der Waals surface area contributed by atoms with Crippen molar-refractivity contribution in [2.45, 2.75) is 6.42 Å². The van der Waals surface area contributed by atoms with Crippen LogP contribution in [0, 0.1) is 0 Å². The van der Waals surface area contributed by atoms with Crippen molar-refractivity contribution in [1.82, 2.24) is 9.80 Å². The zero-order chi connectivity index (χ0) is 17.8. The Hall–Kier alpha value is -2.24. The van der Waals surface area contributed by atoms with Crippen LogP contribution in [0.4, 0.5) is 5.69 Å². The summed E-state index contributed by atoms with van der Waals surface area (Å²) in [4.78, 5) is 28.5. The predicted octanol–water partition coefficient (Wildman–Crippen LogP) is 2.87. The SMILES string of the molecule is Cl.Nc1ccc(CC(=O)N2CCN(C(=O)c3cccc(Cl)c3)CC2)cc1. The van der Waals surface area contributed by atoms with Gasteiger partial charge in [0.25, 0.3) is 5.91 Å². The van der Waals surface area contributed by atoms with Gasteiger partial charge in [-0.2, -0.15) is 0 Å². The summed E-state index contributed by atoms with van der Waals surface area (Å²) < 4.78 is 0. The fraction of sp³-hybridized carbons (Fsp3) is 0.263. The smallest absolute Gasteiger partial charge is 0.254 e. The summed E-state index contributed by atoms with van der Waals surface area (Å²) in [5.74, 6) is 0.0211. The minimum atomic E-state index is -0.0480. The van der Waals surface area contributed by atoms with E-state index in [0.717, 1.165) is 5.56 Å². The van der Waals surface area contributed by atoms with Crippen LogP contribution in [-0.2, 0) is 11.2 Å². The van der Waals surface area contributed by atoms with Crippen molar-refractivity contribution in [3.05, 3.63) is 64.7 Å². The first-order chi connectivity index (χ1) is 12.0. The molecule has 0 radical (unpaired) electrons. The number of nitrogens with two attached hydrogens (primary N) is 1. The maximum absolute atomic E-state index is 12.5. The Kier molecular flexibility index (Phi) is 6.89. The number of nitrogen functional groups attached to an aromatic ring is 1. The number of anilines is 1. The lowest BCUT2D eigenvalue weighted by atomic mass is 10.1. The van der Waals surface area contributed by atoms with Crippen LogP contribution in [0.25, 0.3) is 0 Å². The molecular weight excluding hydrogens is 373 g/mol. The minimum Gasteiger partial charge on any atom is -0.399 e. The van der Waals surface area contributed by atoms with Crippen LogP contribution in [0.5, 0.6) is 0 Å². The van der Waals surface area contributed by atoms with E-state index < -0.39 is 0 Å². The van der Waals surface area contributed by atoms with Crippen molar-refractivity contribution in [1.29, 1.82) is 0 Å². The topological polar surface area (TPSA) is 66.6 Å². The average molecular weight is 394 g/mol. The largest absolute Gasteiger partial charge is 0.399 e. The highest BCUT2D eigenvalue weighted by Gasteiger charge is 2.24. The van der Waals surface area contributed by atoms with Crippen LogP contribution in [0.3, 0.4) is 0 Å². The second-order valence-electron chi connectivity index (χ2n) is 6.10. The Morgan fingerprint density at radius 1 is 0.962 bits per heavy atom. The molecule has 7 heteroatoms. The third-order valence-corrected chi connectivity index (χ3v) is 4.56. The van der Waals surface area contributed by atoms with Gasteiger partial charge in [-0.1, -0.05) is 29.8 Å². The first kappa shape index (κ1) is 20.1. The van der Waals surface area contributed by atoms with Crippen molar-refractivity contribution in [2.75, 3.05) is 31.9 Å². The van der Waals surface area contributed by atoms with Gasteiger partial charge in [0, 0.05) is 42.5 Å². The monoisotopic (exact) mass is 393 g/mol. The van der Waals surface area contributed by atoms with E-state index in [1.54, 1.807) is 46.2 Å². The molecular formula is C19H21Cl2N3O2. The molecule has 1 aliphatic rings. The van der Waals surface area contributed by atoms with Gasteiger partial charge in [-0.25, -0.2) is 0 Å². The van der Waals surface area contributed by atoms with Gasteiger partial charge in [0.15, 0.2) is 0 Å². The van der Waals surface area contributed by atoms with Gasteiger partial charge in [-0.15, -0.1) is 12.4 Å². The number of carbonyl (C=O) groups excluding carboxylic acids is 2. The molecule has 0 spiro atoms.